The minimum Gasteiger partial charge on any atom is -0.383 e. The Bertz CT molecular complexity index is 740. The number of carbonyl (C=O) groups excluding carboxylic acids is 1. The summed E-state index contributed by atoms with van der Waals surface area (Å²) in [4.78, 5) is 19.1. The van der Waals surface area contributed by atoms with Gasteiger partial charge in [0, 0.05) is 50.0 Å². The van der Waals surface area contributed by atoms with Crippen molar-refractivity contribution in [1.82, 2.24) is 4.98 Å². The summed E-state index contributed by atoms with van der Waals surface area (Å²) in [5.74, 6) is 0.594. The smallest absolute Gasteiger partial charge is 0.274 e. The Morgan fingerprint density at radius 3 is 2.63 bits per heavy atom. The van der Waals surface area contributed by atoms with Crippen LogP contribution in [0.1, 0.15) is 30.3 Å². The van der Waals surface area contributed by atoms with E-state index in [-0.39, 0.29) is 5.91 Å². The summed E-state index contributed by atoms with van der Waals surface area (Å²) in [6.45, 7) is 5.79. The Morgan fingerprint density at radius 1 is 1.19 bits per heavy atom. The fourth-order valence-electron chi connectivity index (χ4n) is 3.18. The Balaban J connectivity index is 1.58. The summed E-state index contributed by atoms with van der Waals surface area (Å²) in [5.41, 5.74) is 3.21. The second kappa shape index (κ2) is 9.37. The molecule has 0 radical (unpaired) electrons. The lowest BCUT2D eigenvalue weighted by molar-refractivity contribution is 0.102. The zero-order chi connectivity index (χ0) is 19.1. The Morgan fingerprint density at radius 2 is 1.93 bits per heavy atom. The van der Waals surface area contributed by atoms with Crippen LogP contribution in [0, 0.1) is 5.92 Å². The number of aromatic nitrogens is 1. The first-order valence-electron chi connectivity index (χ1n) is 9.51. The van der Waals surface area contributed by atoms with E-state index in [9.17, 15) is 4.79 Å². The van der Waals surface area contributed by atoms with E-state index in [4.69, 9.17) is 4.74 Å². The molecular formula is C21H28N4O2. The third kappa shape index (κ3) is 5.44. The van der Waals surface area contributed by atoms with E-state index in [1.807, 2.05) is 18.2 Å². The van der Waals surface area contributed by atoms with Gasteiger partial charge in [0.05, 0.1) is 6.61 Å². The molecule has 3 rings (SSSR count). The molecule has 27 heavy (non-hydrogen) atoms. The number of piperidine rings is 1. The lowest BCUT2D eigenvalue weighted by atomic mass is 9.99. The highest BCUT2D eigenvalue weighted by atomic mass is 16.5. The molecule has 1 aromatic heterocycles. The Labute approximate surface area is 160 Å². The number of rotatable bonds is 7. The molecule has 2 aromatic rings. The van der Waals surface area contributed by atoms with Crippen molar-refractivity contribution in [2.24, 2.45) is 5.92 Å². The van der Waals surface area contributed by atoms with Gasteiger partial charge in [-0.2, -0.15) is 0 Å². The molecule has 2 heterocycles. The van der Waals surface area contributed by atoms with E-state index in [1.165, 1.54) is 18.5 Å². The Hall–Kier alpha value is -2.60. The predicted octanol–water partition coefficient (Wildman–Crippen LogP) is 3.63. The van der Waals surface area contributed by atoms with Crippen molar-refractivity contribution >= 4 is 23.0 Å². The summed E-state index contributed by atoms with van der Waals surface area (Å²) < 4.78 is 5.02. The van der Waals surface area contributed by atoms with E-state index in [0.717, 1.165) is 30.4 Å². The van der Waals surface area contributed by atoms with Crippen molar-refractivity contribution in [3.05, 3.63) is 48.3 Å². The van der Waals surface area contributed by atoms with E-state index < -0.39 is 0 Å². The maximum Gasteiger partial charge on any atom is 0.274 e. The van der Waals surface area contributed by atoms with Crippen molar-refractivity contribution < 1.29 is 9.53 Å². The molecule has 0 spiro atoms. The lowest BCUT2D eigenvalue weighted by Crippen LogP contribution is -2.32. The van der Waals surface area contributed by atoms with Gasteiger partial charge in [0.25, 0.3) is 5.91 Å². The molecule has 1 fully saturated rings. The number of methoxy groups -OCH3 is 1. The lowest BCUT2D eigenvalue weighted by Gasteiger charge is -2.32. The van der Waals surface area contributed by atoms with Crippen LogP contribution in [0.25, 0.3) is 0 Å². The van der Waals surface area contributed by atoms with Gasteiger partial charge in [-0.1, -0.05) is 6.92 Å². The monoisotopic (exact) mass is 368 g/mol. The van der Waals surface area contributed by atoms with Crippen molar-refractivity contribution in [2.45, 2.75) is 19.8 Å². The maximum absolute atomic E-state index is 12.5. The van der Waals surface area contributed by atoms with E-state index >= 15 is 0 Å². The molecule has 1 amide bonds. The first-order chi connectivity index (χ1) is 13.2. The molecule has 1 aromatic carbocycles. The minimum absolute atomic E-state index is 0.218. The number of carbonyl (C=O) groups is 1. The summed E-state index contributed by atoms with van der Waals surface area (Å²) in [6, 6.07) is 11.6. The third-order valence-corrected chi connectivity index (χ3v) is 4.90. The third-order valence-electron chi connectivity index (χ3n) is 4.90. The van der Waals surface area contributed by atoms with Gasteiger partial charge in [0.2, 0.25) is 0 Å². The van der Waals surface area contributed by atoms with Crippen molar-refractivity contribution in [3.63, 3.8) is 0 Å². The summed E-state index contributed by atoms with van der Waals surface area (Å²) in [6.07, 6.45) is 4.10. The van der Waals surface area contributed by atoms with Crippen LogP contribution >= 0.6 is 0 Å². The van der Waals surface area contributed by atoms with Gasteiger partial charge in [0.15, 0.2) is 0 Å². The summed E-state index contributed by atoms with van der Waals surface area (Å²) >= 11 is 0. The highest BCUT2D eigenvalue weighted by Gasteiger charge is 2.16. The number of anilines is 3. The minimum atomic E-state index is -0.218. The number of hydrogen-bond acceptors (Lipinski definition) is 5. The number of hydrogen-bond donors (Lipinski definition) is 2. The van der Waals surface area contributed by atoms with Crippen LogP contribution < -0.4 is 15.5 Å². The van der Waals surface area contributed by atoms with Gasteiger partial charge in [-0.15, -0.1) is 0 Å². The predicted molar refractivity (Wildman–Crippen MR) is 110 cm³/mol. The number of benzene rings is 1. The second-order valence-corrected chi connectivity index (χ2v) is 7.02. The van der Waals surface area contributed by atoms with E-state index in [2.05, 4.69) is 39.6 Å². The van der Waals surface area contributed by atoms with Gasteiger partial charge in [-0.25, -0.2) is 0 Å². The fourth-order valence-corrected chi connectivity index (χ4v) is 3.18. The van der Waals surface area contributed by atoms with Crippen LogP contribution in [0.2, 0.25) is 0 Å². The second-order valence-electron chi connectivity index (χ2n) is 7.02. The average molecular weight is 368 g/mol. The SMILES string of the molecule is COCCNc1ccnc(C(=O)Nc2ccc(N3CCC(C)CC3)cc2)c1. The standard InChI is InChI=1S/C21H28N4O2/c1-16-8-12-25(13-9-16)19-5-3-17(4-6-19)24-21(26)20-15-18(7-10-23-20)22-11-14-27-2/h3-7,10,15-16H,8-9,11-14H2,1-2H3,(H,22,23)(H,24,26). The van der Waals surface area contributed by atoms with E-state index in [1.54, 1.807) is 19.4 Å². The first-order valence-corrected chi connectivity index (χ1v) is 9.51. The van der Waals surface area contributed by atoms with Crippen LogP contribution in [-0.2, 0) is 4.74 Å². The van der Waals surface area contributed by atoms with Crippen LogP contribution in [-0.4, -0.2) is 44.2 Å². The molecule has 0 aliphatic carbocycles. The van der Waals surface area contributed by atoms with Gasteiger partial charge in [0.1, 0.15) is 5.69 Å². The molecule has 0 bridgehead atoms. The largest absolute Gasteiger partial charge is 0.383 e. The van der Waals surface area contributed by atoms with E-state index in [0.29, 0.717) is 18.8 Å². The number of nitrogens with zero attached hydrogens (tertiary/aromatic N) is 2. The first kappa shape index (κ1) is 19.2. The molecule has 0 atom stereocenters. The van der Waals surface area contributed by atoms with Crippen molar-refractivity contribution in [3.8, 4) is 0 Å². The molecule has 6 heteroatoms. The van der Waals surface area contributed by atoms with Crippen LogP contribution in [0.15, 0.2) is 42.6 Å². The fraction of sp³-hybridized carbons (Fsp3) is 0.429. The van der Waals surface area contributed by atoms with Gasteiger partial charge in [-0.05, 0) is 55.2 Å². The molecule has 1 aliphatic heterocycles. The molecule has 6 nitrogen and oxygen atoms in total. The Kier molecular flexibility index (Phi) is 6.65. The topological polar surface area (TPSA) is 66.5 Å². The van der Waals surface area contributed by atoms with Gasteiger partial charge < -0.3 is 20.3 Å². The molecule has 144 valence electrons. The highest BCUT2D eigenvalue weighted by molar-refractivity contribution is 6.03. The van der Waals surface area contributed by atoms with Crippen molar-refractivity contribution in [1.29, 1.82) is 0 Å². The molecule has 0 unspecified atom stereocenters. The van der Waals surface area contributed by atoms with Gasteiger partial charge in [-0.3, -0.25) is 9.78 Å². The molecule has 2 N–H and O–H groups in total. The normalized spacial score (nSPS) is 14.8. The zero-order valence-corrected chi connectivity index (χ0v) is 16.1. The maximum atomic E-state index is 12.5. The average Bonchev–Trinajstić information content (AvgIpc) is 2.70. The molecular weight excluding hydrogens is 340 g/mol. The highest BCUT2D eigenvalue weighted by Crippen LogP contribution is 2.24. The summed E-state index contributed by atoms with van der Waals surface area (Å²) in [5, 5.41) is 6.12. The quantitative estimate of drug-likeness (QED) is 0.731. The molecule has 1 aliphatic rings. The number of ether oxygens (including phenoxy) is 1. The number of amides is 1. The molecule has 1 saturated heterocycles. The molecule has 0 saturated carbocycles. The summed E-state index contributed by atoms with van der Waals surface area (Å²) in [7, 11) is 1.66. The van der Waals surface area contributed by atoms with Crippen LogP contribution in [0.5, 0.6) is 0 Å². The van der Waals surface area contributed by atoms with Crippen molar-refractivity contribution in [2.75, 3.05) is 48.9 Å². The van der Waals surface area contributed by atoms with Gasteiger partial charge >= 0.3 is 0 Å². The number of pyridine rings is 1. The number of nitrogens with one attached hydrogen (secondary N) is 2. The zero-order valence-electron chi connectivity index (χ0n) is 16.1. The van der Waals surface area contributed by atoms with Crippen LogP contribution in [0.3, 0.4) is 0 Å². The van der Waals surface area contributed by atoms with Crippen LogP contribution in [0.4, 0.5) is 17.1 Å².